The zero-order valence-corrected chi connectivity index (χ0v) is 10.3. The highest BCUT2D eigenvalue weighted by Gasteiger charge is 2.16. The lowest BCUT2D eigenvalue weighted by molar-refractivity contribution is -0.132. The van der Waals surface area contributed by atoms with Crippen LogP contribution in [0.4, 0.5) is 0 Å². The van der Waals surface area contributed by atoms with Gasteiger partial charge in [-0.2, -0.15) is 0 Å². The van der Waals surface area contributed by atoms with Gasteiger partial charge in [0.25, 0.3) is 0 Å². The molecule has 16 heavy (non-hydrogen) atoms. The first kappa shape index (κ1) is 13.0. The first-order chi connectivity index (χ1) is 7.74. The third-order valence-corrected chi connectivity index (χ3v) is 2.67. The van der Waals surface area contributed by atoms with Crippen molar-refractivity contribution in [2.24, 2.45) is 0 Å². The Balaban J connectivity index is 2.23. The summed E-state index contributed by atoms with van der Waals surface area (Å²) in [7, 11) is 1.97. The summed E-state index contributed by atoms with van der Waals surface area (Å²) in [6.45, 7) is 6.70. The van der Waals surface area contributed by atoms with E-state index in [4.69, 9.17) is 0 Å². The zero-order valence-electron chi connectivity index (χ0n) is 10.3. The Morgan fingerprint density at radius 1 is 1.44 bits per heavy atom. The van der Waals surface area contributed by atoms with Gasteiger partial charge >= 0.3 is 0 Å². The molecule has 0 aromatic carbocycles. The standard InChI is InChI=1S/C12H21N3O/c1-3-4-5-8-14(2)11-12(16)15-9-6-13-7-10-15/h13H,5-11H2,1-2H3. The van der Waals surface area contributed by atoms with Gasteiger partial charge in [0.2, 0.25) is 5.91 Å². The molecule has 1 saturated heterocycles. The topological polar surface area (TPSA) is 35.6 Å². The van der Waals surface area contributed by atoms with Gasteiger partial charge in [-0.1, -0.05) is 0 Å². The van der Waals surface area contributed by atoms with E-state index >= 15 is 0 Å². The van der Waals surface area contributed by atoms with E-state index in [1.54, 1.807) is 0 Å². The number of rotatable bonds is 4. The summed E-state index contributed by atoms with van der Waals surface area (Å²) in [6.07, 6.45) is 0.835. The summed E-state index contributed by atoms with van der Waals surface area (Å²) in [5, 5.41) is 3.24. The zero-order chi connectivity index (χ0) is 11.8. The second-order valence-electron chi connectivity index (χ2n) is 4.05. The van der Waals surface area contributed by atoms with E-state index in [2.05, 4.69) is 17.2 Å². The van der Waals surface area contributed by atoms with Crippen molar-refractivity contribution in [2.45, 2.75) is 13.3 Å². The Kier molecular flexibility index (Phi) is 5.91. The molecule has 0 aliphatic carbocycles. The molecule has 0 unspecified atom stereocenters. The van der Waals surface area contributed by atoms with Crippen LogP contribution in [0.2, 0.25) is 0 Å². The Bertz CT molecular complexity index is 274. The highest BCUT2D eigenvalue weighted by Crippen LogP contribution is 1.96. The second kappa shape index (κ2) is 7.26. The molecule has 1 rings (SSSR count). The molecule has 0 bridgehead atoms. The molecule has 0 radical (unpaired) electrons. The van der Waals surface area contributed by atoms with Crippen molar-refractivity contribution in [3.05, 3.63) is 0 Å². The molecule has 4 nitrogen and oxygen atoms in total. The monoisotopic (exact) mass is 223 g/mol. The van der Waals surface area contributed by atoms with Crippen molar-refractivity contribution >= 4 is 5.91 Å². The number of carbonyl (C=O) groups excluding carboxylic acids is 1. The average molecular weight is 223 g/mol. The summed E-state index contributed by atoms with van der Waals surface area (Å²) in [5.74, 6) is 6.09. The smallest absolute Gasteiger partial charge is 0.236 e. The molecule has 90 valence electrons. The Labute approximate surface area is 98.0 Å². The van der Waals surface area contributed by atoms with Crippen molar-refractivity contribution in [1.82, 2.24) is 15.1 Å². The van der Waals surface area contributed by atoms with E-state index in [1.165, 1.54) is 0 Å². The number of nitrogens with zero attached hydrogens (tertiary/aromatic N) is 2. The van der Waals surface area contributed by atoms with Crippen LogP contribution in [0.15, 0.2) is 0 Å². The van der Waals surface area contributed by atoms with Gasteiger partial charge in [0.1, 0.15) is 0 Å². The van der Waals surface area contributed by atoms with Crippen LogP contribution in [-0.4, -0.2) is 62.0 Å². The van der Waals surface area contributed by atoms with Crippen LogP contribution in [0.1, 0.15) is 13.3 Å². The molecule has 1 heterocycles. The van der Waals surface area contributed by atoms with Gasteiger partial charge in [0, 0.05) is 39.1 Å². The van der Waals surface area contributed by atoms with Gasteiger partial charge in [0.05, 0.1) is 6.54 Å². The van der Waals surface area contributed by atoms with Gasteiger partial charge in [-0.25, -0.2) is 0 Å². The van der Waals surface area contributed by atoms with E-state index in [-0.39, 0.29) is 5.91 Å². The van der Waals surface area contributed by atoms with Crippen LogP contribution in [0.5, 0.6) is 0 Å². The first-order valence-electron chi connectivity index (χ1n) is 5.80. The molecular formula is C12H21N3O. The normalized spacial score (nSPS) is 15.8. The maximum absolute atomic E-state index is 11.9. The lowest BCUT2D eigenvalue weighted by Gasteiger charge is -2.29. The van der Waals surface area contributed by atoms with E-state index in [0.717, 1.165) is 39.1 Å². The quantitative estimate of drug-likeness (QED) is 0.668. The molecule has 1 N–H and O–H groups in total. The number of hydrogen-bond acceptors (Lipinski definition) is 3. The summed E-state index contributed by atoms with van der Waals surface area (Å²) in [6, 6.07) is 0. The number of nitrogens with one attached hydrogen (secondary N) is 1. The fourth-order valence-corrected chi connectivity index (χ4v) is 1.70. The number of likely N-dealkylation sites (N-methyl/N-ethyl adjacent to an activating group) is 1. The van der Waals surface area contributed by atoms with Gasteiger partial charge in [-0.05, 0) is 14.0 Å². The van der Waals surface area contributed by atoms with Crippen molar-refractivity contribution in [3.63, 3.8) is 0 Å². The summed E-state index contributed by atoms with van der Waals surface area (Å²) < 4.78 is 0. The van der Waals surface area contributed by atoms with Crippen LogP contribution < -0.4 is 5.32 Å². The SMILES string of the molecule is CC#CCCN(C)CC(=O)N1CCNCC1. The number of amides is 1. The summed E-state index contributed by atoms with van der Waals surface area (Å²) in [5.41, 5.74) is 0. The molecule has 0 spiro atoms. The van der Waals surface area contributed by atoms with Crippen molar-refractivity contribution in [1.29, 1.82) is 0 Å². The fourth-order valence-electron chi connectivity index (χ4n) is 1.70. The van der Waals surface area contributed by atoms with Gasteiger partial charge in [-0.3, -0.25) is 9.69 Å². The van der Waals surface area contributed by atoms with Crippen LogP contribution in [0.3, 0.4) is 0 Å². The fraction of sp³-hybridized carbons (Fsp3) is 0.750. The molecule has 1 aliphatic rings. The average Bonchev–Trinajstić information content (AvgIpc) is 2.30. The highest BCUT2D eigenvalue weighted by atomic mass is 16.2. The lowest BCUT2D eigenvalue weighted by atomic mass is 10.3. The molecule has 1 aliphatic heterocycles. The number of hydrogen-bond donors (Lipinski definition) is 1. The van der Waals surface area contributed by atoms with Crippen molar-refractivity contribution < 1.29 is 4.79 Å². The minimum Gasteiger partial charge on any atom is -0.339 e. The predicted octanol–water partition coefficient (Wildman–Crippen LogP) is -0.237. The van der Waals surface area contributed by atoms with Crippen LogP contribution in [0, 0.1) is 11.8 Å². The molecule has 0 saturated carbocycles. The lowest BCUT2D eigenvalue weighted by Crippen LogP contribution is -2.49. The maximum atomic E-state index is 11.9. The van der Waals surface area contributed by atoms with Crippen LogP contribution >= 0.6 is 0 Å². The number of carbonyl (C=O) groups is 1. The Morgan fingerprint density at radius 3 is 2.75 bits per heavy atom. The van der Waals surface area contributed by atoms with E-state index < -0.39 is 0 Å². The highest BCUT2D eigenvalue weighted by molar-refractivity contribution is 5.78. The van der Waals surface area contributed by atoms with Crippen LogP contribution in [-0.2, 0) is 4.79 Å². The Hall–Kier alpha value is -1.05. The van der Waals surface area contributed by atoms with Crippen molar-refractivity contribution in [3.8, 4) is 11.8 Å². The molecule has 4 heteroatoms. The van der Waals surface area contributed by atoms with Gasteiger partial charge in [-0.15, -0.1) is 11.8 Å². The molecule has 1 fully saturated rings. The number of piperazine rings is 1. The molecule has 0 aromatic rings. The minimum absolute atomic E-state index is 0.230. The second-order valence-corrected chi connectivity index (χ2v) is 4.05. The van der Waals surface area contributed by atoms with E-state index in [1.807, 2.05) is 23.8 Å². The first-order valence-corrected chi connectivity index (χ1v) is 5.80. The van der Waals surface area contributed by atoms with Crippen molar-refractivity contribution in [2.75, 3.05) is 46.3 Å². The summed E-state index contributed by atoms with van der Waals surface area (Å²) >= 11 is 0. The molecular weight excluding hydrogens is 202 g/mol. The molecule has 0 atom stereocenters. The van der Waals surface area contributed by atoms with Gasteiger partial charge in [0.15, 0.2) is 0 Å². The minimum atomic E-state index is 0.230. The Morgan fingerprint density at radius 2 is 2.12 bits per heavy atom. The largest absolute Gasteiger partial charge is 0.339 e. The third-order valence-electron chi connectivity index (χ3n) is 2.67. The molecule has 1 amide bonds. The molecule has 0 aromatic heterocycles. The maximum Gasteiger partial charge on any atom is 0.236 e. The third kappa shape index (κ3) is 4.65. The van der Waals surface area contributed by atoms with E-state index in [9.17, 15) is 4.79 Å². The summed E-state index contributed by atoms with van der Waals surface area (Å²) in [4.78, 5) is 15.8. The predicted molar refractivity (Wildman–Crippen MR) is 65.0 cm³/mol. The van der Waals surface area contributed by atoms with Gasteiger partial charge < -0.3 is 10.2 Å². The van der Waals surface area contributed by atoms with E-state index in [0.29, 0.717) is 6.54 Å². The van der Waals surface area contributed by atoms with Crippen LogP contribution in [0.25, 0.3) is 0 Å².